The largest absolute Gasteiger partial charge is 0.493 e. The lowest BCUT2D eigenvalue weighted by Crippen LogP contribution is -2.16. The van der Waals surface area contributed by atoms with Crippen molar-refractivity contribution in [2.24, 2.45) is 0 Å². The van der Waals surface area contributed by atoms with Crippen molar-refractivity contribution in [2.75, 3.05) is 13.2 Å². The number of hydrogen-bond acceptors (Lipinski definition) is 3. The molecule has 3 heteroatoms. The van der Waals surface area contributed by atoms with E-state index in [1.54, 1.807) is 0 Å². The second-order valence-electron chi connectivity index (χ2n) is 4.99. The second kappa shape index (κ2) is 7.81. The zero-order chi connectivity index (χ0) is 14.2. The summed E-state index contributed by atoms with van der Waals surface area (Å²) in [6.07, 6.45) is 3.58. The maximum absolute atomic E-state index is 5.76. The predicted octanol–water partition coefficient (Wildman–Crippen LogP) is 3.13. The van der Waals surface area contributed by atoms with Crippen LogP contribution in [0.25, 0.3) is 0 Å². The molecule has 0 amide bonds. The standard InChI is InChI=1S/C17H23NO2/c1-3-5-11-20-17-12-16(19-10-4-2)9-6-14(17)13-18-15-7-8-15/h6,9,12,15,18H,4,7-8,10-11,13H2,1-2H3. The highest BCUT2D eigenvalue weighted by Crippen LogP contribution is 2.27. The highest BCUT2D eigenvalue weighted by Gasteiger charge is 2.20. The van der Waals surface area contributed by atoms with E-state index in [-0.39, 0.29) is 0 Å². The fourth-order valence-corrected chi connectivity index (χ4v) is 1.85. The van der Waals surface area contributed by atoms with Gasteiger partial charge in [0, 0.05) is 24.2 Å². The van der Waals surface area contributed by atoms with Gasteiger partial charge >= 0.3 is 0 Å². The third-order valence-electron chi connectivity index (χ3n) is 3.15. The molecule has 0 saturated heterocycles. The van der Waals surface area contributed by atoms with Gasteiger partial charge in [-0.05, 0) is 32.3 Å². The Morgan fingerprint density at radius 1 is 1.30 bits per heavy atom. The van der Waals surface area contributed by atoms with Crippen LogP contribution in [0, 0.1) is 11.8 Å². The van der Waals surface area contributed by atoms with E-state index >= 15 is 0 Å². The average molecular weight is 273 g/mol. The molecule has 0 atom stereocenters. The van der Waals surface area contributed by atoms with Crippen molar-refractivity contribution in [3.8, 4) is 23.3 Å². The van der Waals surface area contributed by atoms with Crippen LogP contribution in [0.4, 0.5) is 0 Å². The van der Waals surface area contributed by atoms with Gasteiger partial charge in [0.05, 0.1) is 6.61 Å². The predicted molar refractivity (Wildman–Crippen MR) is 81.0 cm³/mol. The third-order valence-corrected chi connectivity index (χ3v) is 3.15. The Kier molecular flexibility index (Phi) is 5.76. The summed E-state index contributed by atoms with van der Waals surface area (Å²) in [4.78, 5) is 0. The first-order chi connectivity index (χ1) is 9.83. The van der Waals surface area contributed by atoms with Crippen molar-refractivity contribution in [3.05, 3.63) is 23.8 Å². The van der Waals surface area contributed by atoms with Crippen LogP contribution in [0.15, 0.2) is 18.2 Å². The molecule has 1 aliphatic rings. The molecule has 3 nitrogen and oxygen atoms in total. The van der Waals surface area contributed by atoms with Crippen molar-refractivity contribution in [2.45, 2.75) is 45.7 Å². The van der Waals surface area contributed by atoms with Crippen LogP contribution in [0.5, 0.6) is 11.5 Å². The third kappa shape index (κ3) is 4.79. The fourth-order valence-electron chi connectivity index (χ4n) is 1.85. The van der Waals surface area contributed by atoms with Gasteiger partial charge in [-0.3, -0.25) is 0 Å². The lowest BCUT2D eigenvalue weighted by Gasteiger charge is -2.13. The van der Waals surface area contributed by atoms with Crippen LogP contribution in [0.1, 0.15) is 38.7 Å². The summed E-state index contributed by atoms with van der Waals surface area (Å²) in [5.41, 5.74) is 1.17. The molecule has 20 heavy (non-hydrogen) atoms. The second-order valence-corrected chi connectivity index (χ2v) is 4.99. The van der Waals surface area contributed by atoms with Gasteiger partial charge in [0.15, 0.2) is 0 Å². The molecule has 1 aliphatic carbocycles. The van der Waals surface area contributed by atoms with E-state index in [1.165, 1.54) is 18.4 Å². The Bertz CT molecular complexity index is 483. The molecule has 0 aliphatic heterocycles. The molecular weight excluding hydrogens is 250 g/mol. The van der Waals surface area contributed by atoms with Gasteiger partial charge in [0.1, 0.15) is 18.1 Å². The summed E-state index contributed by atoms with van der Waals surface area (Å²) in [6, 6.07) is 6.75. The number of rotatable bonds is 8. The maximum atomic E-state index is 5.76. The molecule has 0 bridgehead atoms. The zero-order valence-corrected chi connectivity index (χ0v) is 12.4. The number of benzene rings is 1. The van der Waals surface area contributed by atoms with Gasteiger partial charge in [0.2, 0.25) is 0 Å². The molecule has 0 unspecified atom stereocenters. The topological polar surface area (TPSA) is 30.5 Å². The van der Waals surface area contributed by atoms with Gasteiger partial charge in [-0.2, -0.15) is 0 Å². The molecular formula is C17H23NO2. The smallest absolute Gasteiger partial charge is 0.149 e. The van der Waals surface area contributed by atoms with Crippen LogP contribution in [-0.2, 0) is 6.54 Å². The minimum absolute atomic E-state index is 0.421. The Morgan fingerprint density at radius 3 is 2.85 bits per heavy atom. The minimum atomic E-state index is 0.421. The van der Waals surface area contributed by atoms with E-state index in [0.29, 0.717) is 12.6 Å². The molecule has 0 aromatic heterocycles. The van der Waals surface area contributed by atoms with Gasteiger partial charge in [-0.15, -0.1) is 5.92 Å². The van der Waals surface area contributed by atoms with E-state index in [9.17, 15) is 0 Å². The van der Waals surface area contributed by atoms with Gasteiger partial charge in [-0.1, -0.05) is 18.9 Å². The molecule has 2 rings (SSSR count). The van der Waals surface area contributed by atoms with Crippen molar-refractivity contribution in [1.82, 2.24) is 5.32 Å². The molecule has 1 aromatic rings. The molecule has 0 heterocycles. The summed E-state index contributed by atoms with van der Waals surface area (Å²) in [5, 5.41) is 3.51. The van der Waals surface area contributed by atoms with E-state index in [0.717, 1.165) is 31.1 Å². The number of hydrogen-bond donors (Lipinski definition) is 1. The van der Waals surface area contributed by atoms with E-state index in [2.05, 4.69) is 30.1 Å². The molecule has 0 spiro atoms. The van der Waals surface area contributed by atoms with Crippen LogP contribution in [-0.4, -0.2) is 19.3 Å². The Balaban J connectivity index is 2.03. The van der Waals surface area contributed by atoms with Crippen molar-refractivity contribution in [1.29, 1.82) is 0 Å². The zero-order valence-electron chi connectivity index (χ0n) is 12.4. The highest BCUT2D eigenvalue weighted by atomic mass is 16.5. The normalized spacial score (nSPS) is 13.5. The lowest BCUT2D eigenvalue weighted by atomic mass is 10.2. The van der Waals surface area contributed by atoms with E-state index < -0.39 is 0 Å². The molecule has 1 saturated carbocycles. The van der Waals surface area contributed by atoms with Gasteiger partial charge in [-0.25, -0.2) is 0 Å². The lowest BCUT2D eigenvalue weighted by molar-refractivity contribution is 0.312. The molecule has 1 aromatic carbocycles. The molecule has 1 N–H and O–H groups in total. The SMILES string of the molecule is CC#CCOc1cc(OCCC)ccc1CNC1CC1. The Labute approximate surface area is 121 Å². The monoisotopic (exact) mass is 273 g/mol. The summed E-state index contributed by atoms with van der Waals surface area (Å²) < 4.78 is 11.4. The van der Waals surface area contributed by atoms with Crippen LogP contribution >= 0.6 is 0 Å². The first-order valence-electron chi connectivity index (χ1n) is 7.35. The Hall–Kier alpha value is -1.66. The fraction of sp³-hybridized carbons (Fsp3) is 0.529. The van der Waals surface area contributed by atoms with E-state index in [1.807, 2.05) is 19.1 Å². The summed E-state index contributed by atoms with van der Waals surface area (Å²) in [7, 11) is 0. The first-order valence-corrected chi connectivity index (χ1v) is 7.35. The summed E-state index contributed by atoms with van der Waals surface area (Å²) >= 11 is 0. The van der Waals surface area contributed by atoms with Crippen molar-refractivity contribution in [3.63, 3.8) is 0 Å². The molecule has 1 fully saturated rings. The first kappa shape index (κ1) is 14.7. The average Bonchev–Trinajstić information content (AvgIpc) is 3.28. The minimum Gasteiger partial charge on any atom is -0.493 e. The summed E-state index contributed by atoms with van der Waals surface area (Å²) in [5.74, 6) is 7.51. The van der Waals surface area contributed by atoms with Crippen LogP contribution in [0.3, 0.4) is 0 Å². The van der Waals surface area contributed by atoms with Crippen molar-refractivity contribution >= 4 is 0 Å². The van der Waals surface area contributed by atoms with Gasteiger partial charge in [0.25, 0.3) is 0 Å². The Morgan fingerprint density at radius 2 is 2.15 bits per heavy atom. The molecule has 108 valence electrons. The summed E-state index contributed by atoms with van der Waals surface area (Å²) in [6.45, 7) is 5.91. The quantitative estimate of drug-likeness (QED) is 0.738. The van der Waals surface area contributed by atoms with Gasteiger partial charge < -0.3 is 14.8 Å². The van der Waals surface area contributed by atoms with Crippen LogP contribution in [0.2, 0.25) is 0 Å². The highest BCUT2D eigenvalue weighted by molar-refractivity contribution is 5.41. The van der Waals surface area contributed by atoms with Crippen LogP contribution < -0.4 is 14.8 Å². The van der Waals surface area contributed by atoms with Crippen molar-refractivity contribution < 1.29 is 9.47 Å². The number of ether oxygens (including phenoxy) is 2. The number of nitrogens with one attached hydrogen (secondary N) is 1. The maximum Gasteiger partial charge on any atom is 0.149 e. The van der Waals surface area contributed by atoms with E-state index in [4.69, 9.17) is 9.47 Å². The molecule has 0 radical (unpaired) electrons.